The van der Waals surface area contributed by atoms with Crippen molar-refractivity contribution in [1.82, 2.24) is 0 Å². The van der Waals surface area contributed by atoms with Crippen LogP contribution < -0.4 is 10.0 Å². The molecule has 0 aromatic heterocycles. The molecule has 0 amide bonds. The van der Waals surface area contributed by atoms with Crippen LogP contribution in [0.1, 0.15) is 5.56 Å². The number of anilines is 2. The highest BCUT2D eigenvalue weighted by Gasteiger charge is 2.13. The summed E-state index contributed by atoms with van der Waals surface area (Å²) in [5.41, 5.74) is 1.47. The molecule has 2 N–H and O–H groups in total. The number of nitrogens with zero attached hydrogens (tertiary/aromatic N) is 1. The molecular formula is C14H15N3O4S. The number of para-hydroxylation sites is 3. The molecule has 0 atom stereocenters. The molecule has 0 radical (unpaired) electrons. The van der Waals surface area contributed by atoms with E-state index in [0.717, 1.165) is 6.26 Å². The first-order valence-corrected chi connectivity index (χ1v) is 8.29. The molecule has 0 saturated carbocycles. The third-order valence-corrected chi connectivity index (χ3v) is 3.47. The maximum absolute atomic E-state index is 11.3. The average Bonchev–Trinajstić information content (AvgIpc) is 2.45. The largest absolute Gasteiger partial charge is 0.375 e. The van der Waals surface area contributed by atoms with Gasteiger partial charge < -0.3 is 5.32 Å². The van der Waals surface area contributed by atoms with Crippen molar-refractivity contribution in [2.24, 2.45) is 0 Å². The van der Waals surface area contributed by atoms with Crippen molar-refractivity contribution in [3.05, 3.63) is 64.2 Å². The average molecular weight is 321 g/mol. The number of nitrogens with one attached hydrogen (secondary N) is 2. The van der Waals surface area contributed by atoms with Gasteiger partial charge in [-0.05, 0) is 17.7 Å². The van der Waals surface area contributed by atoms with Crippen LogP contribution >= 0.6 is 0 Å². The molecule has 8 heteroatoms. The molecular weight excluding hydrogens is 306 g/mol. The van der Waals surface area contributed by atoms with Gasteiger partial charge in [-0.15, -0.1) is 0 Å². The highest BCUT2D eigenvalue weighted by atomic mass is 32.2. The Morgan fingerprint density at radius 2 is 1.64 bits per heavy atom. The first-order chi connectivity index (χ1) is 10.4. The fourth-order valence-corrected chi connectivity index (χ4v) is 2.55. The Hall–Kier alpha value is -2.61. The SMILES string of the molecule is CS(=O)(=O)Nc1ccccc1CNc1ccccc1[N+](=O)[O-]. The second-order valence-corrected chi connectivity index (χ2v) is 6.41. The van der Waals surface area contributed by atoms with Gasteiger partial charge in [0, 0.05) is 12.6 Å². The Labute approximate surface area is 128 Å². The van der Waals surface area contributed by atoms with Crippen molar-refractivity contribution in [2.45, 2.75) is 6.54 Å². The van der Waals surface area contributed by atoms with E-state index >= 15 is 0 Å². The van der Waals surface area contributed by atoms with Crippen molar-refractivity contribution in [3.8, 4) is 0 Å². The first kappa shape index (κ1) is 15.8. The van der Waals surface area contributed by atoms with Crippen LogP contribution in [-0.4, -0.2) is 19.6 Å². The number of hydrogen-bond acceptors (Lipinski definition) is 5. The van der Waals surface area contributed by atoms with E-state index < -0.39 is 14.9 Å². The van der Waals surface area contributed by atoms with Crippen LogP contribution in [0.4, 0.5) is 17.1 Å². The van der Waals surface area contributed by atoms with Gasteiger partial charge in [0.1, 0.15) is 5.69 Å². The lowest BCUT2D eigenvalue weighted by Crippen LogP contribution is -2.12. The zero-order valence-electron chi connectivity index (χ0n) is 11.8. The summed E-state index contributed by atoms with van der Waals surface area (Å²) in [5, 5.41) is 13.9. The van der Waals surface area contributed by atoms with Gasteiger partial charge in [-0.2, -0.15) is 0 Å². The molecule has 2 aromatic carbocycles. The van der Waals surface area contributed by atoms with Crippen LogP contribution in [0.15, 0.2) is 48.5 Å². The van der Waals surface area contributed by atoms with E-state index in [2.05, 4.69) is 10.0 Å². The maximum atomic E-state index is 11.3. The lowest BCUT2D eigenvalue weighted by molar-refractivity contribution is -0.384. The Bertz CT molecular complexity index is 790. The number of nitro groups is 1. The Morgan fingerprint density at radius 1 is 1.05 bits per heavy atom. The summed E-state index contributed by atoms with van der Waals surface area (Å²) in [7, 11) is -3.39. The highest BCUT2D eigenvalue weighted by Crippen LogP contribution is 2.25. The molecule has 0 spiro atoms. The van der Waals surface area contributed by atoms with Gasteiger partial charge in [-0.3, -0.25) is 14.8 Å². The zero-order valence-corrected chi connectivity index (χ0v) is 12.6. The van der Waals surface area contributed by atoms with Gasteiger partial charge in [-0.1, -0.05) is 30.3 Å². The molecule has 0 heterocycles. The van der Waals surface area contributed by atoms with Crippen LogP contribution in [0.3, 0.4) is 0 Å². The fraction of sp³-hybridized carbons (Fsp3) is 0.143. The van der Waals surface area contributed by atoms with Crippen LogP contribution in [0.25, 0.3) is 0 Å². The molecule has 2 aromatic rings. The number of rotatable bonds is 6. The predicted molar refractivity (Wildman–Crippen MR) is 85.3 cm³/mol. The third kappa shape index (κ3) is 4.19. The second kappa shape index (κ2) is 6.44. The number of hydrogen-bond donors (Lipinski definition) is 2. The number of sulfonamides is 1. The van der Waals surface area contributed by atoms with E-state index in [0.29, 0.717) is 16.9 Å². The van der Waals surface area contributed by atoms with E-state index in [4.69, 9.17) is 0 Å². The van der Waals surface area contributed by atoms with Gasteiger partial charge in [0.15, 0.2) is 0 Å². The van der Waals surface area contributed by atoms with Crippen LogP contribution in [0, 0.1) is 10.1 Å². The minimum absolute atomic E-state index is 0.0314. The first-order valence-electron chi connectivity index (χ1n) is 6.40. The molecule has 0 unspecified atom stereocenters. The monoisotopic (exact) mass is 321 g/mol. The second-order valence-electron chi connectivity index (χ2n) is 4.66. The van der Waals surface area contributed by atoms with Gasteiger partial charge in [0.05, 0.1) is 16.9 Å². The van der Waals surface area contributed by atoms with Crippen LogP contribution in [-0.2, 0) is 16.6 Å². The topological polar surface area (TPSA) is 101 Å². The van der Waals surface area contributed by atoms with Crippen molar-refractivity contribution >= 4 is 27.1 Å². The van der Waals surface area contributed by atoms with Gasteiger partial charge >= 0.3 is 0 Å². The summed E-state index contributed by atoms with van der Waals surface area (Å²) < 4.78 is 25.1. The van der Waals surface area contributed by atoms with Crippen molar-refractivity contribution in [2.75, 3.05) is 16.3 Å². The maximum Gasteiger partial charge on any atom is 0.292 e. The van der Waals surface area contributed by atoms with E-state index in [9.17, 15) is 18.5 Å². The molecule has 7 nitrogen and oxygen atoms in total. The minimum atomic E-state index is -3.39. The normalized spacial score (nSPS) is 11.0. The van der Waals surface area contributed by atoms with Crippen LogP contribution in [0.2, 0.25) is 0 Å². The molecule has 0 fully saturated rings. The molecule has 2 rings (SSSR count). The number of nitro benzene ring substituents is 1. The van der Waals surface area contributed by atoms with Gasteiger partial charge in [0.25, 0.3) is 5.69 Å². The molecule has 0 bridgehead atoms. The summed E-state index contributed by atoms with van der Waals surface area (Å²) in [4.78, 5) is 10.5. The molecule has 0 saturated heterocycles. The Balaban J connectivity index is 2.21. The predicted octanol–water partition coefficient (Wildman–Crippen LogP) is 2.58. The summed E-state index contributed by atoms with van der Waals surface area (Å²) >= 11 is 0. The summed E-state index contributed by atoms with van der Waals surface area (Å²) in [5.74, 6) is 0. The van der Waals surface area contributed by atoms with Crippen molar-refractivity contribution in [1.29, 1.82) is 0 Å². The third-order valence-electron chi connectivity index (χ3n) is 2.88. The van der Waals surface area contributed by atoms with E-state index in [1.165, 1.54) is 6.07 Å². The van der Waals surface area contributed by atoms with Gasteiger partial charge in [0.2, 0.25) is 10.0 Å². The lowest BCUT2D eigenvalue weighted by atomic mass is 10.1. The fourth-order valence-electron chi connectivity index (χ4n) is 1.95. The van der Waals surface area contributed by atoms with E-state index in [-0.39, 0.29) is 12.2 Å². The standard InChI is InChI=1S/C14H15N3O4S/c1-22(20,21)16-12-7-3-2-6-11(12)10-15-13-8-4-5-9-14(13)17(18)19/h2-9,15-16H,10H2,1H3. The highest BCUT2D eigenvalue weighted by molar-refractivity contribution is 7.92. The molecule has 0 aliphatic carbocycles. The summed E-state index contributed by atoms with van der Waals surface area (Å²) in [6, 6.07) is 13.1. The minimum Gasteiger partial charge on any atom is -0.375 e. The molecule has 0 aliphatic rings. The zero-order chi connectivity index (χ0) is 16.2. The Morgan fingerprint density at radius 3 is 2.27 bits per heavy atom. The summed E-state index contributed by atoms with van der Waals surface area (Å²) in [6.45, 7) is 0.254. The molecule has 0 aliphatic heterocycles. The van der Waals surface area contributed by atoms with Crippen molar-refractivity contribution < 1.29 is 13.3 Å². The Kier molecular flexibility index (Phi) is 4.62. The van der Waals surface area contributed by atoms with E-state index in [1.807, 2.05) is 0 Å². The number of benzene rings is 2. The van der Waals surface area contributed by atoms with E-state index in [1.54, 1.807) is 42.5 Å². The van der Waals surface area contributed by atoms with Crippen molar-refractivity contribution in [3.63, 3.8) is 0 Å². The smallest absolute Gasteiger partial charge is 0.292 e. The summed E-state index contributed by atoms with van der Waals surface area (Å²) in [6.07, 6.45) is 1.07. The van der Waals surface area contributed by atoms with Crippen LogP contribution in [0.5, 0.6) is 0 Å². The quantitative estimate of drug-likeness (QED) is 0.629. The van der Waals surface area contributed by atoms with Gasteiger partial charge in [-0.25, -0.2) is 8.42 Å². The molecule has 22 heavy (non-hydrogen) atoms. The molecule has 116 valence electrons. The lowest BCUT2D eigenvalue weighted by Gasteiger charge is -2.12.